The van der Waals surface area contributed by atoms with E-state index in [-0.39, 0.29) is 12.5 Å². The Morgan fingerprint density at radius 2 is 2.32 bits per heavy atom. The van der Waals surface area contributed by atoms with E-state index in [2.05, 4.69) is 5.32 Å². The molecule has 2 rings (SSSR count). The van der Waals surface area contributed by atoms with Crippen molar-refractivity contribution in [2.75, 3.05) is 26.7 Å². The first kappa shape index (κ1) is 13.8. The SMILES string of the molecule is COc1ccccc1CNC(=O)CN1CCC(F)C1. The lowest BCUT2D eigenvalue weighted by Gasteiger charge is -2.14. The molecule has 19 heavy (non-hydrogen) atoms. The first-order valence-electron chi connectivity index (χ1n) is 6.44. The molecule has 0 bridgehead atoms. The van der Waals surface area contributed by atoms with Crippen molar-refractivity contribution in [3.63, 3.8) is 0 Å². The van der Waals surface area contributed by atoms with Crippen LogP contribution >= 0.6 is 0 Å². The van der Waals surface area contributed by atoms with Gasteiger partial charge in [0.05, 0.1) is 13.7 Å². The molecule has 1 aliphatic rings. The summed E-state index contributed by atoms with van der Waals surface area (Å²) in [5.41, 5.74) is 0.933. The number of likely N-dealkylation sites (tertiary alicyclic amines) is 1. The number of carbonyl (C=O) groups is 1. The third-order valence-electron chi connectivity index (χ3n) is 3.25. The van der Waals surface area contributed by atoms with E-state index in [1.165, 1.54) is 0 Å². The highest BCUT2D eigenvalue weighted by molar-refractivity contribution is 5.78. The Morgan fingerprint density at radius 3 is 3.00 bits per heavy atom. The molecule has 1 aliphatic heterocycles. The highest BCUT2D eigenvalue weighted by atomic mass is 19.1. The summed E-state index contributed by atoms with van der Waals surface area (Å²) in [5, 5.41) is 2.83. The van der Waals surface area contributed by atoms with Crippen molar-refractivity contribution in [1.82, 2.24) is 10.2 Å². The Labute approximate surface area is 112 Å². The van der Waals surface area contributed by atoms with Crippen LogP contribution in [0.2, 0.25) is 0 Å². The zero-order chi connectivity index (χ0) is 13.7. The minimum absolute atomic E-state index is 0.0833. The second-order valence-electron chi connectivity index (χ2n) is 4.71. The minimum atomic E-state index is -0.790. The molecule has 0 radical (unpaired) electrons. The Bertz CT molecular complexity index is 439. The van der Waals surface area contributed by atoms with Gasteiger partial charge in [0.2, 0.25) is 5.91 Å². The van der Waals surface area contributed by atoms with Gasteiger partial charge in [0.1, 0.15) is 11.9 Å². The highest BCUT2D eigenvalue weighted by Crippen LogP contribution is 2.16. The summed E-state index contributed by atoms with van der Waals surface area (Å²) in [5.74, 6) is 0.674. The van der Waals surface area contributed by atoms with Gasteiger partial charge in [0, 0.05) is 25.2 Å². The maximum atomic E-state index is 13.0. The first-order valence-corrected chi connectivity index (χ1v) is 6.44. The Kier molecular flexibility index (Phi) is 4.74. The van der Waals surface area contributed by atoms with E-state index in [0.29, 0.717) is 26.1 Å². The molecule has 4 nitrogen and oxygen atoms in total. The molecule has 0 saturated carbocycles. The van der Waals surface area contributed by atoms with Crippen LogP contribution < -0.4 is 10.1 Å². The molecule has 1 heterocycles. The smallest absolute Gasteiger partial charge is 0.234 e. The number of benzene rings is 1. The van der Waals surface area contributed by atoms with Gasteiger partial charge in [-0.3, -0.25) is 9.69 Å². The van der Waals surface area contributed by atoms with Crippen LogP contribution in [0.25, 0.3) is 0 Å². The van der Waals surface area contributed by atoms with Gasteiger partial charge in [-0.25, -0.2) is 4.39 Å². The van der Waals surface area contributed by atoms with E-state index in [4.69, 9.17) is 4.74 Å². The monoisotopic (exact) mass is 266 g/mol. The second kappa shape index (κ2) is 6.52. The predicted octanol–water partition coefficient (Wildman–Crippen LogP) is 1.36. The summed E-state index contributed by atoms with van der Waals surface area (Å²) >= 11 is 0. The van der Waals surface area contributed by atoms with E-state index in [9.17, 15) is 9.18 Å². The molecule has 5 heteroatoms. The predicted molar refractivity (Wildman–Crippen MR) is 70.8 cm³/mol. The third kappa shape index (κ3) is 3.92. The molecule has 1 saturated heterocycles. The minimum Gasteiger partial charge on any atom is -0.496 e. The van der Waals surface area contributed by atoms with Crippen LogP contribution in [0, 0.1) is 0 Å². The number of nitrogens with zero attached hydrogens (tertiary/aromatic N) is 1. The number of nitrogens with one attached hydrogen (secondary N) is 1. The molecule has 0 spiro atoms. The van der Waals surface area contributed by atoms with Crippen LogP contribution in [0.3, 0.4) is 0 Å². The zero-order valence-corrected chi connectivity index (χ0v) is 11.1. The van der Waals surface area contributed by atoms with Crippen molar-refractivity contribution in [3.05, 3.63) is 29.8 Å². The Morgan fingerprint density at radius 1 is 1.53 bits per heavy atom. The maximum absolute atomic E-state index is 13.0. The van der Waals surface area contributed by atoms with Gasteiger partial charge in [0.25, 0.3) is 0 Å². The average Bonchev–Trinajstić information content (AvgIpc) is 2.82. The third-order valence-corrected chi connectivity index (χ3v) is 3.25. The zero-order valence-electron chi connectivity index (χ0n) is 11.1. The molecular weight excluding hydrogens is 247 g/mol. The fraction of sp³-hybridized carbons (Fsp3) is 0.500. The summed E-state index contributed by atoms with van der Waals surface area (Å²) in [6.07, 6.45) is -0.262. The number of halogens is 1. The number of rotatable bonds is 5. The number of amides is 1. The molecule has 1 amide bonds. The summed E-state index contributed by atoms with van der Waals surface area (Å²) < 4.78 is 18.2. The van der Waals surface area contributed by atoms with E-state index < -0.39 is 6.17 Å². The van der Waals surface area contributed by atoms with Crippen LogP contribution in [0.4, 0.5) is 4.39 Å². The van der Waals surface area contributed by atoms with Crippen molar-refractivity contribution >= 4 is 5.91 Å². The number of ether oxygens (including phenoxy) is 1. The van der Waals surface area contributed by atoms with Gasteiger partial charge in [-0.2, -0.15) is 0 Å². The van der Waals surface area contributed by atoms with E-state index in [1.54, 1.807) is 7.11 Å². The van der Waals surface area contributed by atoms with Crippen molar-refractivity contribution in [3.8, 4) is 5.75 Å². The number of alkyl halides is 1. The van der Waals surface area contributed by atoms with Crippen LogP contribution in [0.1, 0.15) is 12.0 Å². The van der Waals surface area contributed by atoms with Gasteiger partial charge >= 0.3 is 0 Å². The standard InChI is InChI=1S/C14H19FN2O2/c1-19-13-5-3-2-4-11(13)8-16-14(18)10-17-7-6-12(15)9-17/h2-5,12H,6-10H2,1H3,(H,16,18). The number of carbonyl (C=O) groups excluding carboxylic acids is 1. The molecule has 1 unspecified atom stereocenters. The number of para-hydroxylation sites is 1. The van der Waals surface area contributed by atoms with E-state index in [1.807, 2.05) is 29.2 Å². The van der Waals surface area contributed by atoms with Gasteiger partial charge in [-0.1, -0.05) is 18.2 Å². The fourth-order valence-electron chi connectivity index (χ4n) is 2.23. The molecular formula is C14H19FN2O2. The molecule has 1 atom stereocenters. The van der Waals surface area contributed by atoms with Gasteiger partial charge < -0.3 is 10.1 Å². The fourth-order valence-corrected chi connectivity index (χ4v) is 2.23. The van der Waals surface area contributed by atoms with Gasteiger partial charge in [0.15, 0.2) is 0 Å². The topological polar surface area (TPSA) is 41.6 Å². The number of hydrogen-bond donors (Lipinski definition) is 1. The lowest BCUT2D eigenvalue weighted by Crippen LogP contribution is -2.35. The normalized spacial score (nSPS) is 19.4. The maximum Gasteiger partial charge on any atom is 0.234 e. The number of hydrogen-bond acceptors (Lipinski definition) is 3. The molecule has 1 aromatic carbocycles. The molecule has 1 N–H and O–H groups in total. The quantitative estimate of drug-likeness (QED) is 0.875. The van der Waals surface area contributed by atoms with Crippen molar-refractivity contribution in [1.29, 1.82) is 0 Å². The average molecular weight is 266 g/mol. The summed E-state index contributed by atoms with van der Waals surface area (Å²) in [4.78, 5) is 13.6. The first-order chi connectivity index (χ1) is 9.19. The van der Waals surface area contributed by atoms with Gasteiger partial charge in [-0.05, 0) is 12.5 Å². The second-order valence-corrected chi connectivity index (χ2v) is 4.71. The molecule has 0 aliphatic carbocycles. The lowest BCUT2D eigenvalue weighted by molar-refractivity contribution is -0.122. The van der Waals surface area contributed by atoms with Crippen LogP contribution in [-0.4, -0.2) is 43.7 Å². The molecule has 104 valence electrons. The molecule has 0 aromatic heterocycles. The van der Waals surface area contributed by atoms with Crippen LogP contribution in [0.15, 0.2) is 24.3 Å². The van der Waals surface area contributed by atoms with Crippen LogP contribution in [0.5, 0.6) is 5.75 Å². The highest BCUT2D eigenvalue weighted by Gasteiger charge is 2.23. The van der Waals surface area contributed by atoms with Gasteiger partial charge in [-0.15, -0.1) is 0 Å². The largest absolute Gasteiger partial charge is 0.496 e. The van der Waals surface area contributed by atoms with Crippen molar-refractivity contribution in [2.45, 2.75) is 19.1 Å². The Balaban J connectivity index is 1.80. The van der Waals surface area contributed by atoms with E-state index in [0.717, 1.165) is 11.3 Å². The summed E-state index contributed by atoms with van der Waals surface area (Å²) in [6, 6.07) is 7.55. The van der Waals surface area contributed by atoms with Crippen LogP contribution in [-0.2, 0) is 11.3 Å². The lowest BCUT2D eigenvalue weighted by atomic mass is 10.2. The summed E-state index contributed by atoms with van der Waals surface area (Å²) in [7, 11) is 1.60. The van der Waals surface area contributed by atoms with E-state index >= 15 is 0 Å². The summed E-state index contributed by atoms with van der Waals surface area (Å²) in [6.45, 7) is 1.70. The van der Waals surface area contributed by atoms with Crippen molar-refractivity contribution in [2.24, 2.45) is 0 Å². The Hall–Kier alpha value is -1.62. The number of methoxy groups -OCH3 is 1. The molecule has 1 fully saturated rings. The van der Waals surface area contributed by atoms with Crippen molar-refractivity contribution < 1.29 is 13.9 Å². The molecule has 1 aromatic rings.